The highest BCUT2D eigenvalue weighted by Crippen LogP contribution is 2.10. The largest absolute Gasteiger partial charge is 0.444 e. The normalized spacial score (nSPS) is 11.3. The fraction of sp³-hybridized carbons (Fsp3) is 0.636. The summed E-state index contributed by atoms with van der Waals surface area (Å²) in [6.45, 7) is 6.78. The molecule has 0 aliphatic heterocycles. The highest BCUT2D eigenvalue weighted by molar-refractivity contribution is 5.67. The van der Waals surface area contributed by atoms with Crippen LogP contribution in [0.3, 0.4) is 0 Å². The SMILES string of the molecule is CC(C)(C)OC(=O)NCc1cn(CCN)nc1N. The predicted molar refractivity (Wildman–Crippen MR) is 68.8 cm³/mol. The van der Waals surface area contributed by atoms with Crippen molar-refractivity contribution in [2.45, 2.75) is 39.5 Å². The Morgan fingerprint density at radius 1 is 1.56 bits per heavy atom. The molecule has 1 aromatic heterocycles. The van der Waals surface area contributed by atoms with E-state index in [0.717, 1.165) is 5.56 Å². The van der Waals surface area contributed by atoms with Gasteiger partial charge in [0.15, 0.2) is 0 Å². The Morgan fingerprint density at radius 3 is 2.78 bits per heavy atom. The van der Waals surface area contributed by atoms with Crippen LogP contribution in [-0.2, 0) is 17.8 Å². The number of carbonyl (C=O) groups excluding carboxylic acids is 1. The van der Waals surface area contributed by atoms with Crippen LogP contribution >= 0.6 is 0 Å². The summed E-state index contributed by atoms with van der Waals surface area (Å²) in [6.07, 6.45) is 1.29. The summed E-state index contributed by atoms with van der Waals surface area (Å²) in [6, 6.07) is 0. The second-order valence-corrected chi connectivity index (χ2v) is 4.95. The lowest BCUT2D eigenvalue weighted by atomic mass is 10.2. The average Bonchev–Trinajstić information content (AvgIpc) is 2.54. The third-order valence-electron chi connectivity index (χ3n) is 2.05. The van der Waals surface area contributed by atoms with Gasteiger partial charge in [-0.2, -0.15) is 5.10 Å². The van der Waals surface area contributed by atoms with E-state index in [9.17, 15) is 4.79 Å². The number of amides is 1. The minimum absolute atomic E-state index is 0.283. The molecule has 1 aromatic rings. The van der Waals surface area contributed by atoms with Gasteiger partial charge in [-0.25, -0.2) is 4.79 Å². The van der Waals surface area contributed by atoms with Crippen LogP contribution < -0.4 is 16.8 Å². The van der Waals surface area contributed by atoms with E-state index in [1.54, 1.807) is 31.6 Å². The number of anilines is 1. The van der Waals surface area contributed by atoms with Gasteiger partial charge in [-0.05, 0) is 20.8 Å². The number of alkyl carbamates (subject to hydrolysis) is 1. The van der Waals surface area contributed by atoms with Crippen molar-refractivity contribution < 1.29 is 9.53 Å². The number of ether oxygens (including phenoxy) is 1. The van der Waals surface area contributed by atoms with E-state index in [2.05, 4.69) is 10.4 Å². The summed E-state index contributed by atoms with van der Waals surface area (Å²) in [4.78, 5) is 11.5. The Kier molecular flexibility index (Phi) is 4.55. The molecule has 0 fully saturated rings. The lowest BCUT2D eigenvalue weighted by molar-refractivity contribution is 0.0523. The van der Waals surface area contributed by atoms with Crippen molar-refractivity contribution in [3.05, 3.63) is 11.8 Å². The quantitative estimate of drug-likeness (QED) is 0.723. The van der Waals surface area contributed by atoms with E-state index < -0.39 is 11.7 Å². The first-order valence-electron chi connectivity index (χ1n) is 5.80. The van der Waals surface area contributed by atoms with Crippen molar-refractivity contribution in [1.82, 2.24) is 15.1 Å². The van der Waals surface area contributed by atoms with Crippen LogP contribution in [0.25, 0.3) is 0 Å². The molecule has 18 heavy (non-hydrogen) atoms. The van der Waals surface area contributed by atoms with Gasteiger partial charge < -0.3 is 21.5 Å². The Morgan fingerprint density at radius 2 is 2.22 bits per heavy atom. The molecule has 0 atom stereocenters. The minimum Gasteiger partial charge on any atom is -0.444 e. The van der Waals surface area contributed by atoms with Crippen molar-refractivity contribution in [3.8, 4) is 0 Å². The molecule has 1 rings (SSSR count). The van der Waals surface area contributed by atoms with E-state index >= 15 is 0 Å². The van der Waals surface area contributed by atoms with Crippen LogP contribution in [0.1, 0.15) is 26.3 Å². The summed E-state index contributed by atoms with van der Waals surface area (Å²) in [5.74, 6) is 0.388. The molecule has 0 bridgehead atoms. The maximum Gasteiger partial charge on any atom is 0.407 e. The minimum atomic E-state index is -0.515. The average molecular weight is 255 g/mol. The number of aromatic nitrogens is 2. The molecule has 5 N–H and O–H groups in total. The Hall–Kier alpha value is -1.76. The van der Waals surface area contributed by atoms with E-state index in [1.807, 2.05) is 0 Å². The molecule has 0 unspecified atom stereocenters. The zero-order valence-electron chi connectivity index (χ0n) is 11.1. The summed E-state index contributed by atoms with van der Waals surface area (Å²) in [5.41, 5.74) is 11.4. The van der Waals surface area contributed by atoms with Gasteiger partial charge >= 0.3 is 6.09 Å². The van der Waals surface area contributed by atoms with Crippen LogP contribution in [-0.4, -0.2) is 28.0 Å². The number of nitrogens with zero attached hydrogens (tertiary/aromatic N) is 2. The summed E-state index contributed by atoms with van der Waals surface area (Å²) >= 11 is 0. The molecule has 0 spiro atoms. The first kappa shape index (κ1) is 14.3. The van der Waals surface area contributed by atoms with Gasteiger partial charge in [-0.3, -0.25) is 4.68 Å². The molecule has 7 heteroatoms. The molecule has 0 saturated heterocycles. The van der Waals surface area contributed by atoms with Crippen molar-refractivity contribution in [3.63, 3.8) is 0 Å². The molecule has 1 amide bonds. The van der Waals surface area contributed by atoms with Crippen molar-refractivity contribution >= 4 is 11.9 Å². The molecule has 0 aliphatic carbocycles. The van der Waals surface area contributed by atoms with Crippen molar-refractivity contribution in [1.29, 1.82) is 0 Å². The fourth-order valence-electron chi connectivity index (χ4n) is 1.34. The second-order valence-electron chi connectivity index (χ2n) is 4.95. The number of nitrogens with two attached hydrogens (primary N) is 2. The van der Waals surface area contributed by atoms with Crippen LogP contribution in [0.4, 0.5) is 10.6 Å². The van der Waals surface area contributed by atoms with Crippen LogP contribution in [0.15, 0.2) is 6.20 Å². The molecule has 1 heterocycles. The lowest BCUT2D eigenvalue weighted by Crippen LogP contribution is -2.32. The van der Waals surface area contributed by atoms with Crippen LogP contribution in [0.5, 0.6) is 0 Å². The standard InChI is InChI=1S/C11H21N5O2/c1-11(2,3)18-10(17)14-6-8-7-16(5-4-12)15-9(8)13/h7H,4-6,12H2,1-3H3,(H2,13,15)(H,14,17). The van der Waals surface area contributed by atoms with Gasteiger partial charge in [-0.1, -0.05) is 0 Å². The van der Waals surface area contributed by atoms with Gasteiger partial charge in [0.1, 0.15) is 11.4 Å². The molecular formula is C11H21N5O2. The fourth-order valence-corrected chi connectivity index (χ4v) is 1.34. The number of nitrogen functional groups attached to an aromatic ring is 1. The van der Waals surface area contributed by atoms with Gasteiger partial charge in [0, 0.05) is 18.3 Å². The van der Waals surface area contributed by atoms with E-state index in [4.69, 9.17) is 16.2 Å². The Labute approximate surface area is 106 Å². The summed E-state index contributed by atoms with van der Waals surface area (Å²) in [7, 11) is 0. The number of nitrogens with one attached hydrogen (secondary N) is 1. The molecular weight excluding hydrogens is 234 g/mol. The Balaban J connectivity index is 2.50. The van der Waals surface area contributed by atoms with E-state index in [0.29, 0.717) is 18.9 Å². The monoisotopic (exact) mass is 255 g/mol. The zero-order chi connectivity index (χ0) is 13.8. The molecule has 0 aromatic carbocycles. The van der Waals surface area contributed by atoms with Crippen LogP contribution in [0, 0.1) is 0 Å². The number of hydrogen-bond acceptors (Lipinski definition) is 5. The van der Waals surface area contributed by atoms with Gasteiger partial charge in [-0.15, -0.1) is 0 Å². The molecule has 0 aliphatic rings. The molecule has 102 valence electrons. The number of rotatable bonds is 4. The first-order valence-corrected chi connectivity index (χ1v) is 5.80. The van der Waals surface area contributed by atoms with E-state index in [1.165, 1.54) is 0 Å². The maximum absolute atomic E-state index is 11.5. The number of carbonyl (C=O) groups is 1. The summed E-state index contributed by atoms with van der Waals surface area (Å²) < 4.78 is 6.77. The van der Waals surface area contributed by atoms with Gasteiger partial charge in [0.2, 0.25) is 0 Å². The molecule has 7 nitrogen and oxygen atoms in total. The zero-order valence-corrected chi connectivity index (χ0v) is 11.1. The molecule has 0 saturated carbocycles. The van der Waals surface area contributed by atoms with Crippen molar-refractivity contribution in [2.75, 3.05) is 12.3 Å². The number of hydrogen-bond donors (Lipinski definition) is 3. The third-order valence-corrected chi connectivity index (χ3v) is 2.05. The van der Waals surface area contributed by atoms with Gasteiger partial charge in [0.05, 0.1) is 13.1 Å². The molecule has 0 radical (unpaired) electrons. The maximum atomic E-state index is 11.5. The first-order chi connectivity index (χ1) is 8.31. The second kappa shape index (κ2) is 5.72. The highest BCUT2D eigenvalue weighted by Gasteiger charge is 2.16. The smallest absolute Gasteiger partial charge is 0.407 e. The third kappa shape index (κ3) is 4.62. The van der Waals surface area contributed by atoms with Crippen molar-refractivity contribution in [2.24, 2.45) is 5.73 Å². The van der Waals surface area contributed by atoms with Crippen LogP contribution in [0.2, 0.25) is 0 Å². The van der Waals surface area contributed by atoms with E-state index in [-0.39, 0.29) is 6.54 Å². The van der Waals surface area contributed by atoms with Gasteiger partial charge in [0.25, 0.3) is 0 Å². The topological polar surface area (TPSA) is 108 Å². The highest BCUT2D eigenvalue weighted by atomic mass is 16.6. The Bertz CT molecular complexity index is 408. The summed E-state index contributed by atoms with van der Waals surface area (Å²) in [5, 5.41) is 6.70. The lowest BCUT2D eigenvalue weighted by Gasteiger charge is -2.19. The predicted octanol–water partition coefficient (Wildman–Crippen LogP) is 0.449.